The second-order valence-corrected chi connectivity index (χ2v) is 10.3. The highest BCUT2D eigenvalue weighted by Gasteiger charge is 2.21. The van der Waals surface area contributed by atoms with Gasteiger partial charge in [0.15, 0.2) is 0 Å². The molecular weight excluding hydrogens is 524 g/mol. The Bertz CT molecular complexity index is 1380. The lowest BCUT2D eigenvalue weighted by molar-refractivity contribution is 0.0602. The van der Waals surface area contributed by atoms with Crippen LogP contribution in [0, 0.1) is 0 Å². The number of halogens is 1. The zero-order chi connectivity index (χ0) is 24.9. The van der Waals surface area contributed by atoms with Gasteiger partial charge in [-0.2, -0.15) is 0 Å². The van der Waals surface area contributed by atoms with Crippen molar-refractivity contribution >= 4 is 55.0 Å². The van der Waals surface area contributed by atoms with Crippen LogP contribution in [-0.2, 0) is 17.6 Å². The van der Waals surface area contributed by atoms with Crippen molar-refractivity contribution in [2.24, 2.45) is 0 Å². The lowest BCUT2D eigenvalue weighted by Crippen LogP contribution is -2.14. The molecule has 0 aliphatic heterocycles. The number of rotatable bonds is 8. The maximum atomic E-state index is 13.6. The molecular formula is C28H27BrN2O3S. The zero-order valence-electron chi connectivity index (χ0n) is 20.0. The number of hydrogen-bond donors (Lipinski definition) is 1. The van der Waals surface area contributed by atoms with Gasteiger partial charge in [0.25, 0.3) is 5.91 Å². The topological polar surface area (TPSA) is 68.3 Å². The summed E-state index contributed by atoms with van der Waals surface area (Å²) in [6.07, 6.45) is 4.12. The number of ether oxygens (including phenoxy) is 1. The molecule has 0 saturated heterocycles. The molecule has 0 atom stereocenters. The smallest absolute Gasteiger partial charge is 0.340 e. The van der Waals surface area contributed by atoms with Crippen LogP contribution in [0.2, 0.25) is 0 Å². The molecule has 2 aromatic heterocycles. The minimum absolute atomic E-state index is 0.300. The van der Waals surface area contributed by atoms with Crippen LogP contribution in [0.3, 0.4) is 0 Å². The Hall–Kier alpha value is -3.03. The molecule has 0 bridgehead atoms. The zero-order valence-corrected chi connectivity index (χ0v) is 22.4. The van der Waals surface area contributed by atoms with Gasteiger partial charge < -0.3 is 10.1 Å². The number of fused-ring (bicyclic) bond motifs is 1. The summed E-state index contributed by atoms with van der Waals surface area (Å²) in [6.45, 7) is 4.19. The monoisotopic (exact) mass is 550 g/mol. The first kappa shape index (κ1) is 25.1. The average molecular weight is 552 g/mol. The molecule has 0 saturated carbocycles. The SMILES string of the molecule is CCCCc1ccc(-c2cc(C(=O)Nc3sc(CC)cc3C(=O)OC)c3cc(Br)ccc3n2)cc1. The van der Waals surface area contributed by atoms with Gasteiger partial charge in [-0.25, -0.2) is 9.78 Å². The number of nitrogens with one attached hydrogen (secondary N) is 1. The number of thiophene rings is 1. The lowest BCUT2D eigenvalue weighted by Gasteiger charge is -2.12. The highest BCUT2D eigenvalue weighted by molar-refractivity contribution is 9.10. The fraction of sp³-hybridized carbons (Fsp3) is 0.250. The first-order chi connectivity index (χ1) is 16.9. The summed E-state index contributed by atoms with van der Waals surface area (Å²) in [5.74, 6) is -0.770. The first-order valence-electron chi connectivity index (χ1n) is 11.7. The molecule has 5 nitrogen and oxygen atoms in total. The number of aromatic nitrogens is 1. The van der Waals surface area contributed by atoms with E-state index in [9.17, 15) is 9.59 Å². The Morgan fingerprint density at radius 3 is 2.49 bits per heavy atom. The van der Waals surface area contributed by atoms with Crippen molar-refractivity contribution in [1.82, 2.24) is 4.98 Å². The van der Waals surface area contributed by atoms with Crippen molar-refractivity contribution in [2.45, 2.75) is 39.5 Å². The summed E-state index contributed by atoms with van der Waals surface area (Å²) in [7, 11) is 1.34. The van der Waals surface area contributed by atoms with Crippen molar-refractivity contribution in [2.75, 3.05) is 12.4 Å². The number of pyridine rings is 1. The van der Waals surface area contributed by atoms with Gasteiger partial charge in [0.1, 0.15) is 5.00 Å². The van der Waals surface area contributed by atoms with Crippen molar-refractivity contribution in [3.63, 3.8) is 0 Å². The van der Waals surface area contributed by atoms with Gasteiger partial charge in [-0.3, -0.25) is 4.79 Å². The number of amides is 1. The summed E-state index contributed by atoms with van der Waals surface area (Å²) in [6, 6.07) is 17.7. The Labute approximate surface area is 217 Å². The van der Waals surface area contributed by atoms with Gasteiger partial charge in [-0.1, -0.05) is 60.5 Å². The number of carbonyl (C=O) groups excluding carboxylic acids is 2. The number of carbonyl (C=O) groups is 2. The Morgan fingerprint density at radius 2 is 1.80 bits per heavy atom. The number of aryl methyl sites for hydroxylation is 2. The van der Waals surface area contributed by atoms with E-state index in [1.165, 1.54) is 24.0 Å². The lowest BCUT2D eigenvalue weighted by atomic mass is 10.0. The van der Waals surface area contributed by atoms with E-state index in [4.69, 9.17) is 9.72 Å². The highest BCUT2D eigenvalue weighted by atomic mass is 79.9. The van der Waals surface area contributed by atoms with E-state index in [1.54, 1.807) is 6.07 Å². The van der Waals surface area contributed by atoms with Crippen molar-refractivity contribution in [3.8, 4) is 11.3 Å². The Morgan fingerprint density at radius 1 is 1.03 bits per heavy atom. The third-order valence-electron chi connectivity index (χ3n) is 5.85. The van der Waals surface area contributed by atoms with E-state index in [1.807, 2.05) is 31.2 Å². The van der Waals surface area contributed by atoms with E-state index < -0.39 is 5.97 Å². The van der Waals surface area contributed by atoms with Crippen LogP contribution in [0.25, 0.3) is 22.2 Å². The standard InChI is InChI=1S/C28H27BrN2O3S/c1-4-6-7-17-8-10-18(11-9-17)25-16-22(21-14-19(29)12-13-24(21)30-25)26(32)31-27-23(28(33)34-3)15-20(5-2)35-27/h8-16H,4-7H2,1-3H3,(H,31,32). The average Bonchev–Trinajstić information content (AvgIpc) is 3.29. The van der Waals surface area contributed by atoms with Crippen LogP contribution in [0.15, 0.2) is 59.1 Å². The first-order valence-corrected chi connectivity index (χ1v) is 13.3. The quantitative estimate of drug-likeness (QED) is 0.228. The summed E-state index contributed by atoms with van der Waals surface area (Å²) < 4.78 is 5.77. The summed E-state index contributed by atoms with van der Waals surface area (Å²) in [5.41, 5.74) is 4.54. The van der Waals surface area contributed by atoms with Crippen molar-refractivity contribution < 1.29 is 14.3 Å². The Balaban J connectivity index is 1.75. The minimum Gasteiger partial charge on any atom is -0.465 e. The maximum Gasteiger partial charge on any atom is 0.340 e. The second kappa shape index (κ2) is 11.1. The molecule has 4 rings (SSSR count). The number of benzene rings is 2. The van der Waals surface area contributed by atoms with Crippen molar-refractivity contribution in [3.05, 3.63) is 80.6 Å². The predicted octanol–water partition coefficient (Wildman–Crippen LogP) is 7.67. The molecule has 4 aromatic rings. The van der Waals surface area contributed by atoms with Crippen LogP contribution >= 0.6 is 27.3 Å². The van der Waals surface area contributed by atoms with E-state index in [0.717, 1.165) is 57.2 Å². The number of esters is 1. The van der Waals surface area contributed by atoms with E-state index in [0.29, 0.717) is 16.1 Å². The van der Waals surface area contributed by atoms with E-state index >= 15 is 0 Å². The summed E-state index contributed by atoms with van der Waals surface area (Å²) >= 11 is 4.89. The molecule has 0 aliphatic carbocycles. The predicted molar refractivity (Wildman–Crippen MR) is 146 cm³/mol. The van der Waals surface area contributed by atoms with Gasteiger partial charge in [0, 0.05) is 20.3 Å². The molecule has 7 heteroatoms. The molecule has 1 amide bonds. The second-order valence-electron chi connectivity index (χ2n) is 8.27. The highest BCUT2D eigenvalue weighted by Crippen LogP contribution is 2.32. The molecule has 0 aliphatic rings. The van der Waals surface area contributed by atoms with E-state index in [-0.39, 0.29) is 5.91 Å². The molecule has 1 N–H and O–H groups in total. The number of nitrogens with zero attached hydrogens (tertiary/aromatic N) is 1. The van der Waals surface area contributed by atoms with Crippen LogP contribution in [0.5, 0.6) is 0 Å². The van der Waals surface area contributed by atoms with Gasteiger partial charge in [-0.15, -0.1) is 11.3 Å². The fourth-order valence-electron chi connectivity index (χ4n) is 3.90. The number of hydrogen-bond acceptors (Lipinski definition) is 5. The third-order valence-corrected chi connectivity index (χ3v) is 7.54. The molecule has 180 valence electrons. The number of anilines is 1. The van der Waals surface area contributed by atoms with Gasteiger partial charge in [-0.05, 0) is 55.2 Å². The molecule has 0 unspecified atom stereocenters. The summed E-state index contributed by atoms with van der Waals surface area (Å²) in [4.78, 5) is 31.7. The molecule has 2 aromatic carbocycles. The van der Waals surface area contributed by atoms with Gasteiger partial charge in [0.05, 0.1) is 29.4 Å². The number of unbranched alkanes of at least 4 members (excludes halogenated alkanes) is 1. The van der Waals surface area contributed by atoms with Crippen LogP contribution in [0.4, 0.5) is 5.00 Å². The third kappa shape index (κ3) is 5.63. The van der Waals surface area contributed by atoms with Gasteiger partial charge >= 0.3 is 5.97 Å². The van der Waals surface area contributed by atoms with Crippen LogP contribution in [0.1, 0.15) is 57.8 Å². The molecule has 0 fully saturated rings. The summed E-state index contributed by atoms with van der Waals surface area (Å²) in [5, 5.41) is 4.17. The molecule has 0 radical (unpaired) electrons. The molecule has 0 spiro atoms. The Kier molecular flexibility index (Phi) is 7.98. The van der Waals surface area contributed by atoms with Crippen LogP contribution < -0.4 is 5.32 Å². The normalized spacial score (nSPS) is 11.0. The molecule has 2 heterocycles. The minimum atomic E-state index is -0.470. The fourth-order valence-corrected chi connectivity index (χ4v) is 5.24. The van der Waals surface area contributed by atoms with Crippen molar-refractivity contribution in [1.29, 1.82) is 0 Å². The van der Waals surface area contributed by atoms with E-state index in [2.05, 4.69) is 52.4 Å². The largest absolute Gasteiger partial charge is 0.465 e. The number of methoxy groups -OCH3 is 1. The van der Waals surface area contributed by atoms with Gasteiger partial charge in [0.2, 0.25) is 0 Å². The van der Waals surface area contributed by atoms with Crippen LogP contribution in [-0.4, -0.2) is 24.0 Å². The maximum absolute atomic E-state index is 13.6. The molecule has 35 heavy (non-hydrogen) atoms.